The molecule has 4 atom stereocenters. The van der Waals surface area contributed by atoms with Crippen LogP contribution in [0.4, 0.5) is 0 Å². The Labute approximate surface area is 117 Å². The van der Waals surface area contributed by atoms with Crippen LogP contribution in [-0.4, -0.2) is 32.7 Å². The first kappa shape index (κ1) is 12.0. The van der Waals surface area contributed by atoms with Gasteiger partial charge in [-0.1, -0.05) is 35.5 Å². The van der Waals surface area contributed by atoms with E-state index in [0.717, 1.165) is 25.1 Å². The lowest BCUT2D eigenvalue weighted by atomic mass is 9.79. The standard InChI is InChI=1S/C14H18N6/c15-12-7-6-11-10(13-17-19-20-18-13)8-14(12,16-11)9-4-2-1-3-5-9/h1-5,10-12,16H,6-8,15H2,(H,17,18,19,20)/t10-,11+,12-,14-/m1/s1. The maximum Gasteiger partial charge on any atom is 0.179 e. The molecule has 0 amide bonds. The van der Waals surface area contributed by atoms with Gasteiger partial charge in [0.05, 0.1) is 5.54 Å². The summed E-state index contributed by atoms with van der Waals surface area (Å²) in [5.41, 5.74) is 7.58. The van der Waals surface area contributed by atoms with Gasteiger partial charge in [0.15, 0.2) is 5.82 Å². The topological polar surface area (TPSA) is 92.5 Å². The Hall–Kier alpha value is -1.79. The SMILES string of the molecule is N[C@@H]1CC[C@@H]2N[C@@]1(c1ccccc1)C[C@H]2c1nn[nH]n1. The van der Waals surface area contributed by atoms with Crippen molar-refractivity contribution in [3.63, 3.8) is 0 Å². The molecule has 6 nitrogen and oxygen atoms in total. The van der Waals surface area contributed by atoms with Crippen molar-refractivity contribution in [2.24, 2.45) is 5.73 Å². The van der Waals surface area contributed by atoms with Gasteiger partial charge in [0.1, 0.15) is 0 Å². The molecule has 2 saturated heterocycles. The summed E-state index contributed by atoms with van der Waals surface area (Å²) in [5.74, 6) is 1.08. The molecule has 104 valence electrons. The van der Waals surface area contributed by atoms with Crippen molar-refractivity contribution in [1.82, 2.24) is 25.9 Å². The Balaban J connectivity index is 1.75. The predicted molar refractivity (Wildman–Crippen MR) is 73.8 cm³/mol. The van der Waals surface area contributed by atoms with E-state index < -0.39 is 0 Å². The largest absolute Gasteiger partial charge is 0.326 e. The molecule has 2 aromatic rings. The van der Waals surface area contributed by atoms with E-state index in [2.05, 4.69) is 50.2 Å². The number of rotatable bonds is 2. The normalized spacial score (nSPS) is 36.1. The number of aromatic nitrogens is 4. The van der Waals surface area contributed by atoms with E-state index in [1.807, 2.05) is 6.07 Å². The van der Waals surface area contributed by atoms with E-state index in [0.29, 0.717) is 6.04 Å². The smallest absolute Gasteiger partial charge is 0.179 e. The second-order valence-electron chi connectivity index (χ2n) is 5.85. The van der Waals surface area contributed by atoms with Crippen LogP contribution < -0.4 is 11.1 Å². The average molecular weight is 270 g/mol. The van der Waals surface area contributed by atoms with Crippen molar-refractivity contribution >= 4 is 0 Å². The van der Waals surface area contributed by atoms with E-state index >= 15 is 0 Å². The van der Waals surface area contributed by atoms with E-state index in [9.17, 15) is 0 Å². The Morgan fingerprint density at radius 3 is 2.80 bits per heavy atom. The van der Waals surface area contributed by atoms with Crippen molar-refractivity contribution in [1.29, 1.82) is 0 Å². The molecule has 0 aliphatic carbocycles. The van der Waals surface area contributed by atoms with E-state index in [1.165, 1.54) is 5.56 Å². The summed E-state index contributed by atoms with van der Waals surface area (Å²) in [6.45, 7) is 0. The number of H-pyrrole nitrogens is 1. The molecule has 6 heteroatoms. The zero-order valence-corrected chi connectivity index (χ0v) is 11.2. The highest BCUT2D eigenvalue weighted by molar-refractivity contribution is 5.32. The Morgan fingerprint density at radius 1 is 1.20 bits per heavy atom. The van der Waals surface area contributed by atoms with Gasteiger partial charge in [-0.25, -0.2) is 0 Å². The van der Waals surface area contributed by atoms with Gasteiger partial charge < -0.3 is 11.1 Å². The Morgan fingerprint density at radius 2 is 2.05 bits per heavy atom. The van der Waals surface area contributed by atoms with E-state index in [-0.39, 0.29) is 17.5 Å². The summed E-state index contributed by atoms with van der Waals surface area (Å²) >= 11 is 0. The van der Waals surface area contributed by atoms with Gasteiger partial charge in [-0.05, 0) is 24.8 Å². The minimum absolute atomic E-state index is 0.123. The van der Waals surface area contributed by atoms with Crippen LogP contribution in [0.25, 0.3) is 0 Å². The first-order valence-corrected chi connectivity index (χ1v) is 7.12. The number of fused-ring (bicyclic) bond motifs is 2. The second-order valence-corrected chi connectivity index (χ2v) is 5.85. The van der Waals surface area contributed by atoms with Crippen molar-refractivity contribution in [2.45, 2.75) is 42.8 Å². The van der Waals surface area contributed by atoms with Crippen LogP contribution in [0.2, 0.25) is 0 Å². The van der Waals surface area contributed by atoms with Gasteiger partial charge >= 0.3 is 0 Å². The van der Waals surface area contributed by atoms with Crippen LogP contribution in [0.3, 0.4) is 0 Å². The molecule has 4 rings (SSSR count). The van der Waals surface area contributed by atoms with Crippen LogP contribution in [0.5, 0.6) is 0 Å². The van der Waals surface area contributed by atoms with Crippen molar-refractivity contribution < 1.29 is 0 Å². The predicted octanol–water partition coefficient (Wildman–Crippen LogP) is 0.662. The third-order valence-electron chi connectivity index (χ3n) is 4.87. The van der Waals surface area contributed by atoms with Crippen molar-refractivity contribution in [3.8, 4) is 0 Å². The first-order valence-electron chi connectivity index (χ1n) is 7.12. The highest BCUT2D eigenvalue weighted by Gasteiger charge is 2.53. The highest BCUT2D eigenvalue weighted by Crippen LogP contribution is 2.48. The molecular weight excluding hydrogens is 252 g/mol. The maximum atomic E-state index is 6.47. The number of aromatic amines is 1. The van der Waals surface area contributed by atoms with Crippen LogP contribution in [0.1, 0.15) is 36.6 Å². The minimum atomic E-state index is -0.157. The molecule has 0 radical (unpaired) electrons. The fraction of sp³-hybridized carbons (Fsp3) is 0.500. The molecule has 2 fully saturated rings. The number of tetrazole rings is 1. The third kappa shape index (κ3) is 1.61. The number of nitrogens with one attached hydrogen (secondary N) is 2. The van der Waals surface area contributed by atoms with Crippen molar-refractivity contribution in [3.05, 3.63) is 41.7 Å². The summed E-state index contributed by atoms with van der Waals surface area (Å²) in [6.07, 6.45) is 3.03. The molecule has 4 N–H and O–H groups in total. The molecule has 1 aromatic carbocycles. The zero-order valence-electron chi connectivity index (χ0n) is 11.2. The number of nitrogens with two attached hydrogens (primary N) is 1. The molecule has 0 unspecified atom stereocenters. The maximum absolute atomic E-state index is 6.47. The van der Waals surface area contributed by atoms with Gasteiger partial charge in [0, 0.05) is 18.0 Å². The highest BCUT2D eigenvalue weighted by atomic mass is 15.5. The molecule has 1 aromatic heterocycles. The van der Waals surface area contributed by atoms with Gasteiger partial charge in [-0.3, -0.25) is 0 Å². The summed E-state index contributed by atoms with van der Waals surface area (Å²) in [7, 11) is 0. The molecule has 2 aliphatic heterocycles. The molecule has 0 saturated carbocycles. The molecule has 2 aliphatic rings. The third-order valence-corrected chi connectivity index (χ3v) is 4.87. The number of hydrogen-bond acceptors (Lipinski definition) is 5. The van der Waals surface area contributed by atoms with Crippen LogP contribution >= 0.6 is 0 Å². The Bertz CT molecular complexity index is 583. The van der Waals surface area contributed by atoms with E-state index in [4.69, 9.17) is 5.73 Å². The number of piperidine rings is 1. The lowest BCUT2D eigenvalue weighted by Gasteiger charge is -2.40. The van der Waals surface area contributed by atoms with Crippen LogP contribution in [-0.2, 0) is 5.54 Å². The summed E-state index contributed by atoms with van der Waals surface area (Å²) < 4.78 is 0. The van der Waals surface area contributed by atoms with Crippen LogP contribution in [0, 0.1) is 0 Å². The second kappa shape index (κ2) is 4.36. The molecule has 2 bridgehead atoms. The molecule has 20 heavy (non-hydrogen) atoms. The van der Waals surface area contributed by atoms with Gasteiger partial charge in [-0.15, -0.1) is 10.2 Å². The first-order chi connectivity index (χ1) is 9.79. The molecule has 3 heterocycles. The van der Waals surface area contributed by atoms with Crippen LogP contribution in [0.15, 0.2) is 30.3 Å². The summed E-state index contributed by atoms with van der Waals surface area (Å²) in [4.78, 5) is 0. The molecular formula is C14H18N6. The number of hydrogen-bond donors (Lipinski definition) is 3. The lowest BCUT2D eigenvalue weighted by molar-refractivity contribution is 0.238. The Kier molecular flexibility index (Phi) is 2.61. The van der Waals surface area contributed by atoms with Gasteiger partial charge in [0.2, 0.25) is 0 Å². The monoisotopic (exact) mass is 270 g/mol. The zero-order chi connectivity index (χ0) is 13.6. The average Bonchev–Trinajstić information content (AvgIpc) is 3.11. The van der Waals surface area contributed by atoms with E-state index in [1.54, 1.807) is 0 Å². The van der Waals surface area contributed by atoms with Gasteiger partial charge in [0.25, 0.3) is 0 Å². The number of nitrogens with zero attached hydrogens (tertiary/aromatic N) is 3. The summed E-state index contributed by atoms with van der Waals surface area (Å²) in [5, 5.41) is 18.4. The lowest BCUT2D eigenvalue weighted by Crippen LogP contribution is -2.57. The number of benzene rings is 1. The summed E-state index contributed by atoms with van der Waals surface area (Å²) in [6, 6.07) is 11.0. The fourth-order valence-electron chi connectivity index (χ4n) is 3.87. The quantitative estimate of drug-likeness (QED) is 0.745. The van der Waals surface area contributed by atoms with Crippen molar-refractivity contribution in [2.75, 3.05) is 0 Å². The fourth-order valence-corrected chi connectivity index (χ4v) is 3.87. The minimum Gasteiger partial charge on any atom is -0.326 e. The van der Waals surface area contributed by atoms with Gasteiger partial charge in [-0.2, -0.15) is 5.21 Å². The molecule has 0 spiro atoms.